The summed E-state index contributed by atoms with van der Waals surface area (Å²) in [6, 6.07) is 0. The normalized spacial score (nSPS) is 12.6. The smallest absolute Gasteiger partial charge is 0.185 e. The Morgan fingerprint density at radius 1 is 1.33 bits per heavy atom. The Hall–Kier alpha value is -0.650. The third-order valence-corrected chi connectivity index (χ3v) is 4.80. The van der Waals surface area contributed by atoms with Gasteiger partial charge in [0.05, 0.1) is 12.3 Å². The molecule has 0 spiro atoms. The van der Waals surface area contributed by atoms with Crippen LogP contribution in [0, 0.1) is 5.92 Å². The average molecular weight is 314 g/mol. The molecule has 1 heterocycles. The molecule has 1 atom stereocenters. The Morgan fingerprint density at radius 2 is 2.10 bits per heavy atom. The molecule has 122 valence electrons. The van der Waals surface area contributed by atoms with Crippen molar-refractivity contribution >= 4 is 16.5 Å². The lowest BCUT2D eigenvalue weighted by atomic mass is 10.1. The topological polar surface area (TPSA) is 37.4 Å². The summed E-state index contributed by atoms with van der Waals surface area (Å²) >= 11 is 1.81. The van der Waals surface area contributed by atoms with E-state index in [1.54, 1.807) is 7.11 Å². The van der Waals surface area contributed by atoms with Crippen molar-refractivity contribution in [1.29, 1.82) is 0 Å². The fourth-order valence-corrected chi connectivity index (χ4v) is 3.22. The third kappa shape index (κ3) is 5.93. The molecule has 0 aliphatic carbocycles. The molecule has 0 radical (unpaired) electrons. The molecule has 0 aliphatic heterocycles. The molecule has 4 nitrogen and oxygen atoms in total. The number of ether oxygens (including phenoxy) is 1. The highest BCUT2D eigenvalue weighted by atomic mass is 32.1. The molecule has 0 bridgehead atoms. The van der Waals surface area contributed by atoms with Crippen molar-refractivity contribution < 1.29 is 4.74 Å². The van der Waals surface area contributed by atoms with E-state index in [1.807, 2.05) is 11.3 Å². The molecule has 5 heteroatoms. The Bertz CT molecular complexity index is 395. The van der Waals surface area contributed by atoms with E-state index >= 15 is 0 Å². The molecular formula is C16H31N3OS. The first-order chi connectivity index (χ1) is 10.2. The summed E-state index contributed by atoms with van der Waals surface area (Å²) in [6.07, 6.45) is 2.36. The number of hydrogen-bond acceptors (Lipinski definition) is 5. The lowest BCUT2D eigenvalue weighted by Crippen LogP contribution is -2.27. The predicted octanol–water partition coefficient (Wildman–Crippen LogP) is 3.66. The van der Waals surface area contributed by atoms with E-state index in [0.29, 0.717) is 12.5 Å². The Kier molecular flexibility index (Phi) is 8.88. The number of rotatable bonds is 11. The van der Waals surface area contributed by atoms with Crippen LogP contribution in [0.1, 0.15) is 51.1 Å². The molecule has 0 aromatic carbocycles. The molecular weight excluding hydrogens is 282 g/mol. The molecule has 0 fully saturated rings. The highest BCUT2D eigenvalue weighted by Gasteiger charge is 2.16. The molecule has 1 aromatic rings. The maximum Gasteiger partial charge on any atom is 0.185 e. The second-order valence-corrected chi connectivity index (χ2v) is 6.59. The lowest BCUT2D eigenvalue weighted by molar-refractivity contribution is 0.181. The van der Waals surface area contributed by atoms with Crippen molar-refractivity contribution in [2.45, 2.75) is 53.7 Å². The standard InChI is InChI=1S/C16H31N3OS/c1-6-9-17-10-15-14(12-20-5)18-16(21-15)19(8-3)11-13(4)7-2/h13,17H,6-12H2,1-5H3. The van der Waals surface area contributed by atoms with Crippen LogP contribution in [0.5, 0.6) is 0 Å². The minimum Gasteiger partial charge on any atom is -0.378 e. The van der Waals surface area contributed by atoms with Crippen molar-refractivity contribution in [1.82, 2.24) is 10.3 Å². The van der Waals surface area contributed by atoms with Gasteiger partial charge in [-0.2, -0.15) is 0 Å². The van der Waals surface area contributed by atoms with Crippen LogP contribution in [0.2, 0.25) is 0 Å². The number of methoxy groups -OCH3 is 1. The quantitative estimate of drug-likeness (QED) is 0.633. The summed E-state index contributed by atoms with van der Waals surface area (Å²) in [4.78, 5) is 8.52. The van der Waals surface area contributed by atoms with E-state index in [9.17, 15) is 0 Å². The summed E-state index contributed by atoms with van der Waals surface area (Å²) in [6.45, 7) is 13.6. The summed E-state index contributed by atoms with van der Waals surface area (Å²) in [5.74, 6) is 0.696. The Labute approximate surface area is 133 Å². The fourth-order valence-electron chi connectivity index (χ4n) is 2.12. The number of aromatic nitrogens is 1. The fraction of sp³-hybridized carbons (Fsp3) is 0.812. The molecule has 21 heavy (non-hydrogen) atoms. The highest BCUT2D eigenvalue weighted by molar-refractivity contribution is 7.15. The van der Waals surface area contributed by atoms with Gasteiger partial charge in [-0.25, -0.2) is 4.98 Å². The van der Waals surface area contributed by atoms with Gasteiger partial charge in [-0.15, -0.1) is 11.3 Å². The van der Waals surface area contributed by atoms with Crippen LogP contribution < -0.4 is 10.2 Å². The van der Waals surface area contributed by atoms with Gasteiger partial charge in [0.1, 0.15) is 0 Å². The third-order valence-electron chi connectivity index (χ3n) is 3.64. The van der Waals surface area contributed by atoms with E-state index < -0.39 is 0 Å². The Morgan fingerprint density at radius 3 is 2.67 bits per heavy atom. The van der Waals surface area contributed by atoms with Gasteiger partial charge in [0.15, 0.2) is 5.13 Å². The molecule has 1 unspecified atom stereocenters. The van der Waals surface area contributed by atoms with E-state index in [1.165, 1.54) is 11.3 Å². The minimum atomic E-state index is 0.598. The van der Waals surface area contributed by atoms with Crippen molar-refractivity contribution in [2.24, 2.45) is 5.92 Å². The SMILES string of the molecule is CCCNCc1sc(N(CC)CC(C)CC)nc1COC. The molecule has 1 aromatic heterocycles. The summed E-state index contributed by atoms with van der Waals surface area (Å²) in [5.41, 5.74) is 1.09. The van der Waals surface area contributed by atoms with Gasteiger partial charge < -0.3 is 15.0 Å². The van der Waals surface area contributed by atoms with Crippen molar-refractivity contribution in [3.63, 3.8) is 0 Å². The van der Waals surface area contributed by atoms with Gasteiger partial charge in [-0.3, -0.25) is 0 Å². The van der Waals surface area contributed by atoms with Crippen LogP contribution in [0.25, 0.3) is 0 Å². The van der Waals surface area contributed by atoms with Gasteiger partial charge in [0.25, 0.3) is 0 Å². The maximum atomic E-state index is 5.30. The number of anilines is 1. The second kappa shape index (κ2) is 10.1. The zero-order valence-corrected chi connectivity index (χ0v) is 15.1. The predicted molar refractivity (Wildman–Crippen MR) is 92.2 cm³/mol. The van der Waals surface area contributed by atoms with Crippen LogP contribution in [0.4, 0.5) is 5.13 Å². The van der Waals surface area contributed by atoms with Crippen LogP contribution >= 0.6 is 11.3 Å². The lowest BCUT2D eigenvalue weighted by Gasteiger charge is -2.23. The van der Waals surface area contributed by atoms with Gasteiger partial charge in [0, 0.05) is 31.6 Å². The first-order valence-electron chi connectivity index (χ1n) is 8.09. The van der Waals surface area contributed by atoms with Crippen LogP contribution in [0.3, 0.4) is 0 Å². The van der Waals surface area contributed by atoms with E-state index in [4.69, 9.17) is 9.72 Å². The van der Waals surface area contributed by atoms with Crippen LogP contribution in [-0.2, 0) is 17.9 Å². The van der Waals surface area contributed by atoms with Gasteiger partial charge in [-0.05, 0) is 25.8 Å². The summed E-state index contributed by atoms with van der Waals surface area (Å²) in [5, 5.41) is 4.61. The maximum absolute atomic E-state index is 5.30. The zero-order valence-electron chi connectivity index (χ0n) is 14.2. The van der Waals surface area contributed by atoms with E-state index in [0.717, 1.165) is 43.4 Å². The van der Waals surface area contributed by atoms with Gasteiger partial charge >= 0.3 is 0 Å². The molecule has 1 rings (SSSR count). The van der Waals surface area contributed by atoms with Crippen LogP contribution in [0.15, 0.2) is 0 Å². The Balaban J connectivity index is 2.82. The number of nitrogens with one attached hydrogen (secondary N) is 1. The highest BCUT2D eigenvalue weighted by Crippen LogP contribution is 2.28. The molecule has 0 saturated heterocycles. The number of thiazole rings is 1. The number of nitrogens with zero attached hydrogens (tertiary/aromatic N) is 2. The van der Waals surface area contributed by atoms with Gasteiger partial charge in [0.2, 0.25) is 0 Å². The number of hydrogen-bond donors (Lipinski definition) is 1. The largest absolute Gasteiger partial charge is 0.378 e. The van der Waals surface area contributed by atoms with Crippen molar-refractivity contribution in [2.75, 3.05) is 31.6 Å². The van der Waals surface area contributed by atoms with Crippen molar-refractivity contribution in [3.05, 3.63) is 10.6 Å². The molecule has 0 saturated carbocycles. The second-order valence-electron chi connectivity index (χ2n) is 5.53. The molecule has 1 N–H and O–H groups in total. The molecule has 0 amide bonds. The summed E-state index contributed by atoms with van der Waals surface area (Å²) in [7, 11) is 1.74. The van der Waals surface area contributed by atoms with E-state index in [2.05, 4.69) is 37.9 Å². The van der Waals surface area contributed by atoms with Crippen molar-refractivity contribution in [3.8, 4) is 0 Å². The molecule has 0 aliphatic rings. The first-order valence-corrected chi connectivity index (χ1v) is 8.90. The van der Waals surface area contributed by atoms with E-state index in [-0.39, 0.29) is 0 Å². The minimum absolute atomic E-state index is 0.598. The average Bonchev–Trinajstić information content (AvgIpc) is 2.88. The summed E-state index contributed by atoms with van der Waals surface area (Å²) < 4.78 is 5.30. The monoisotopic (exact) mass is 313 g/mol. The van der Waals surface area contributed by atoms with Crippen LogP contribution in [-0.4, -0.2) is 31.7 Å². The zero-order chi connectivity index (χ0) is 15.7. The first kappa shape index (κ1) is 18.4. The van der Waals surface area contributed by atoms with Gasteiger partial charge in [-0.1, -0.05) is 27.2 Å².